The van der Waals surface area contributed by atoms with Gasteiger partial charge in [-0.2, -0.15) is 0 Å². The number of hydrogen-bond donors (Lipinski definition) is 1. The van der Waals surface area contributed by atoms with E-state index in [1.165, 1.54) is 13.2 Å². The summed E-state index contributed by atoms with van der Waals surface area (Å²) in [5.41, 5.74) is 1.42. The van der Waals surface area contributed by atoms with Gasteiger partial charge in [0.15, 0.2) is 5.76 Å². The standard InChI is InChI=1S/C15H14O4/c1-18-12-5-3-10(4-6-12)7-11-8-15(19-2)14(17)9-13(11)16/h3-9,16H,1-2H3/b11-7+. The third kappa shape index (κ3) is 2.85. The summed E-state index contributed by atoms with van der Waals surface area (Å²) < 4.78 is 10.0. The third-order valence-corrected chi connectivity index (χ3v) is 2.75. The summed E-state index contributed by atoms with van der Waals surface area (Å²) in [5, 5.41) is 9.76. The van der Waals surface area contributed by atoms with Crippen LogP contribution in [0.5, 0.6) is 5.75 Å². The lowest BCUT2D eigenvalue weighted by atomic mass is 10.0. The molecule has 0 spiro atoms. The van der Waals surface area contributed by atoms with Gasteiger partial charge in [0, 0.05) is 11.6 Å². The second kappa shape index (κ2) is 5.44. The molecule has 0 saturated carbocycles. The van der Waals surface area contributed by atoms with Gasteiger partial charge in [0.25, 0.3) is 0 Å². The van der Waals surface area contributed by atoms with Crippen molar-refractivity contribution in [1.82, 2.24) is 0 Å². The fourth-order valence-corrected chi connectivity index (χ4v) is 1.72. The van der Waals surface area contributed by atoms with Crippen LogP contribution in [0, 0.1) is 0 Å². The highest BCUT2D eigenvalue weighted by atomic mass is 16.5. The first-order valence-corrected chi connectivity index (χ1v) is 5.71. The van der Waals surface area contributed by atoms with Crippen LogP contribution in [0.2, 0.25) is 0 Å². The van der Waals surface area contributed by atoms with Gasteiger partial charge in [0.2, 0.25) is 5.78 Å². The van der Waals surface area contributed by atoms with Crippen LogP contribution in [0.4, 0.5) is 0 Å². The maximum Gasteiger partial charge on any atom is 0.224 e. The van der Waals surface area contributed by atoms with Crippen molar-refractivity contribution in [2.24, 2.45) is 0 Å². The fraction of sp³-hybridized carbons (Fsp3) is 0.133. The van der Waals surface area contributed by atoms with E-state index in [1.807, 2.05) is 24.3 Å². The van der Waals surface area contributed by atoms with Gasteiger partial charge in [0.05, 0.1) is 14.2 Å². The summed E-state index contributed by atoms with van der Waals surface area (Å²) in [5.74, 6) is 0.555. The molecule has 0 radical (unpaired) electrons. The first-order chi connectivity index (χ1) is 9.13. The highest BCUT2D eigenvalue weighted by Crippen LogP contribution is 2.22. The van der Waals surface area contributed by atoms with Gasteiger partial charge in [-0.1, -0.05) is 12.1 Å². The van der Waals surface area contributed by atoms with Crippen molar-refractivity contribution in [3.8, 4) is 5.75 Å². The normalized spacial score (nSPS) is 16.9. The van der Waals surface area contributed by atoms with Crippen molar-refractivity contribution < 1.29 is 19.4 Å². The van der Waals surface area contributed by atoms with Crippen molar-refractivity contribution in [3.63, 3.8) is 0 Å². The van der Waals surface area contributed by atoms with Crippen LogP contribution in [0.3, 0.4) is 0 Å². The molecule has 0 aromatic heterocycles. The van der Waals surface area contributed by atoms with Crippen LogP contribution < -0.4 is 4.74 Å². The molecule has 1 aliphatic rings. The second-order valence-electron chi connectivity index (χ2n) is 3.98. The Balaban J connectivity index is 2.33. The molecule has 0 saturated heterocycles. The van der Waals surface area contributed by atoms with Gasteiger partial charge in [-0.05, 0) is 29.8 Å². The molecule has 98 valence electrons. The van der Waals surface area contributed by atoms with Gasteiger partial charge < -0.3 is 14.6 Å². The number of allylic oxidation sites excluding steroid dienone is 2. The Hall–Kier alpha value is -2.49. The zero-order valence-electron chi connectivity index (χ0n) is 10.7. The average Bonchev–Trinajstić information content (AvgIpc) is 2.42. The van der Waals surface area contributed by atoms with Crippen LogP contribution >= 0.6 is 0 Å². The maximum atomic E-state index is 11.4. The van der Waals surface area contributed by atoms with Gasteiger partial charge in [-0.15, -0.1) is 0 Å². The Labute approximate surface area is 111 Å². The minimum absolute atomic E-state index is 0.0679. The molecule has 0 bridgehead atoms. The van der Waals surface area contributed by atoms with E-state index in [0.717, 1.165) is 17.4 Å². The molecule has 0 unspecified atom stereocenters. The lowest BCUT2D eigenvalue weighted by Gasteiger charge is -2.11. The number of methoxy groups -OCH3 is 2. The molecule has 0 atom stereocenters. The smallest absolute Gasteiger partial charge is 0.224 e. The predicted molar refractivity (Wildman–Crippen MR) is 71.8 cm³/mol. The number of benzene rings is 1. The first-order valence-electron chi connectivity index (χ1n) is 5.71. The molecule has 4 nitrogen and oxygen atoms in total. The highest BCUT2D eigenvalue weighted by molar-refractivity contribution is 6.05. The van der Waals surface area contributed by atoms with Crippen LogP contribution in [0.25, 0.3) is 6.08 Å². The monoisotopic (exact) mass is 258 g/mol. The molecular weight excluding hydrogens is 244 g/mol. The van der Waals surface area contributed by atoms with Crippen LogP contribution in [0.15, 0.2) is 53.5 Å². The molecular formula is C15H14O4. The van der Waals surface area contributed by atoms with Gasteiger partial charge in [-0.3, -0.25) is 4.79 Å². The number of carbonyl (C=O) groups is 1. The SMILES string of the molecule is COC1=C/C(=C\c2ccc(OC)cc2)C(O)=CC1=O. The minimum Gasteiger partial charge on any atom is -0.507 e. The molecule has 1 N–H and O–H groups in total. The van der Waals surface area contributed by atoms with Crippen LogP contribution in [0.1, 0.15) is 5.56 Å². The lowest BCUT2D eigenvalue weighted by molar-refractivity contribution is -0.114. The van der Waals surface area contributed by atoms with E-state index in [9.17, 15) is 9.90 Å². The van der Waals surface area contributed by atoms with Crippen molar-refractivity contribution in [2.75, 3.05) is 14.2 Å². The fourth-order valence-electron chi connectivity index (χ4n) is 1.72. The molecule has 0 heterocycles. The summed E-state index contributed by atoms with van der Waals surface area (Å²) in [7, 11) is 3.02. The number of ether oxygens (including phenoxy) is 2. The summed E-state index contributed by atoms with van der Waals surface area (Å²) in [6.07, 6.45) is 4.42. The number of hydrogen-bond acceptors (Lipinski definition) is 4. The Morgan fingerprint density at radius 1 is 1.05 bits per heavy atom. The second-order valence-corrected chi connectivity index (χ2v) is 3.98. The molecule has 0 amide bonds. The largest absolute Gasteiger partial charge is 0.507 e. The first kappa shape index (κ1) is 13.0. The average molecular weight is 258 g/mol. The van der Waals surface area contributed by atoms with E-state index in [4.69, 9.17) is 9.47 Å². The number of ketones is 1. The van der Waals surface area contributed by atoms with E-state index in [0.29, 0.717) is 5.57 Å². The van der Waals surface area contributed by atoms with Crippen molar-refractivity contribution in [2.45, 2.75) is 0 Å². The summed E-state index contributed by atoms with van der Waals surface area (Å²) in [6, 6.07) is 7.36. The third-order valence-electron chi connectivity index (χ3n) is 2.75. The molecule has 1 aliphatic carbocycles. The Bertz CT molecular complexity index is 577. The van der Waals surface area contributed by atoms with E-state index in [1.54, 1.807) is 13.2 Å². The minimum atomic E-state index is -0.341. The van der Waals surface area contributed by atoms with Crippen molar-refractivity contribution in [1.29, 1.82) is 0 Å². The maximum absolute atomic E-state index is 11.4. The topological polar surface area (TPSA) is 55.8 Å². The number of carbonyl (C=O) groups excluding carboxylic acids is 1. The molecule has 19 heavy (non-hydrogen) atoms. The Kier molecular flexibility index (Phi) is 3.71. The predicted octanol–water partition coefficient (Wildman–Crippen LogP) is 2.63. The van der Waals surface area contributed by atoms with Crippen LogP contribution in [-0.2, 0) is 9.53 Å². The number of rotatable bonds is 3. The van der Waals surface area contributed by atoms with Gasteiger partial charge >= 0.3 is 0 Å². The summed E-state index contributed by atoms with van der Waals surface area (Å²) >= 11 is 0. The van der Waals surface area contributed by atoms with Crippen molar-refractivity contribution >= 4 is 11.9 Å². The van der Waals surface area contributed by atoms with E-state index in [-0.39, 0.29) is 17.3 Å². The molecule has 2 rings (SSSR count). The van der Waals surface area contributed by atoms with Gasteiger partial charge in [-0.25, -0.2) is 0 Å². The quantitative estimate of drug-likeness (QED) is 0.905. The molecule has 0 fully saturated rings. The highest BCUT2D eigenvalue weighted by Gasteiger charge is 2.17. The molecule has 4 heteroatoms. The summed E-state index contributed by atoms with van der Waals surface area (Å²) in [6.45, 7) is 0. The summed E-state index contributed by atoms with van der Waals surface area (Å²) in [4.78, 5) is 11.4. The molecule has 1 aromatic rings. The number of aliphatic hydroxyl groups is 1. The van der Waals surface area contributed by atoms with E-state index >= 15 is 0 Å². The van der Waals surface area contributed by atoms with Crippen molar-refractivity contribution in [3.05, 3.63) is 59.1 Å². The van der Waals surface area contributed by atoms with E-state index < -0.39 is 0 Å². The van der Waals surface area contributed by atoms with Gasteiger partial charge in [0.1, 0.15) is 11.5 Å². The zero-order valence-corrected chi connectivity index (χ0v) is 10.7. The Morgan fingerprint density at radius 3 is 2.32 bits per heavy atom. The Morgan fingerprint density at radius 2 is 1.74 bits per heavy atom. The molecule has 0 aliphatic heterocycles. The van der Waals surface area contributed by atoms with Crippen LogP contribution in [-0.4, -0.2) is 25.1 Å². The zero-order chi connectivity index (χ0) is 13.8. The molecule has 1 aromatic carbocycles. The number of aliphatic hydroxyl groups excluding tert-OH is 1. The van der Waals surface area contributed by atoms with E-state index in [2.05, 4.69) is 0 Å². The lowest BCUT2D eigenvalue weighted by Crippen LogP contribution is -2.08.